The number of anilines is 2. The molecule has 0 radical (unpaired) electrons. The van der Waals surface area contributed by atoms with Gasteiger partial charge in [-0.05, 0) is 36.1 Å². The molecule has 1 amide bonds. The minimum absolute atomic E-state index is 0.0667. The molecule has 9 heteroatoms. The predicted octanol–water partition coefficient (Wildman–Crippen LogP) is 4.31. The van der Waals surface area contributed by atoms with Crippen LogP contribution < -0.4 is 15.5 Å². The van der Waals surface area contributed by atoms with Crippen molar-refractivity contribution in [2.45, 2.75) is 32.1 Å². The number of halogens is 2. The summed E-state index contributed by atoms with van der Waals surface area (Å²) >= 11 is 3.27. The number of nitrogens with two attached hydrogens (primary N) is 1. The Balaban J connectivity index is 1.96. The molecule has 7 nitrogen and oxygen atoms in total. The van der Waals surface area contributed by atoms with E-state index < -0.39 is 28.5 Å². The fourth-order valence-corrected chi connectivity index (χ4v) is 6.15. The van der Waals surface area contributed by atoms with Crippen LogP contribution in [0.1, 0.15) is 32.3 Å². The third-order valence-corrected chi connectivity index (χ3v) is 7.70. The molecule has 36 heavy (non-hydrogen) atoms. The highest BCUT2D eigenvalue weighted by atomic mass is 79.9. The normalized spacial score (nSPS) is 22.8. The topological polar surface area (TPSA) is 92.9 Å². The lowest BCUT2D eigenvalue weighted by Crippen LogP contribution is -2.55. The number of para-hydroxylation sites is 1. The van der Waals surface area contributed by atoms with E-state index in [1.807, 2.05) is 13.8 Å². The van der Waals surface area contributed by atoms with Crippen molar-refractivity contribution in [2.75, 3.05) is 24.0 Å². The maximum absolute atomic E-state index is 15.4. The molecule has 1 aliphatic carbocycles. The summed E-state index contributed by atoms with van der Waals surface area (Å²) in [6, 6.07) is 11.5. The van der Waals surface area contributed by atoms with Crippen molar-refractivity contribution in [2.24, 2.45) is 11.1 Å². The number of carbonyl (C=O) groups is 3. The molecule has 2 heterocycles. The molecular weight excluding hydrogens is 529 g/mol. The fourth-order valence-electron chi connectivity index (χ4n) is 5.82. The highest BCUT2D eigenvalue weighted by Crippen LogP contribution is 2.58. The first-order valence-electron chi connectivity index (χ1n) is 11.4. The summed E-state index contributed by atoms with van der Waals surface area (Å²) in [7, 11) is 2.78. The molecule has 2 aromatic rings. The van der Waals surface area contributed by atoms with Crippen molar-refractivity contribution in [1.82, 2.24) is 0 Å². The molecule has 1 atom stereocenters. The van der Waals surface area contributed by atoms with Crippen molar-refractivity contribution in [3.8, 4) is 0 Å². The Hall–Kier alpha value is -3.46. The van der Waals surface area contributed by atoms with Crippen LogP contribution >= 0.6 is 15.9 Å². The number of ketones is 1. The average Bonchev–Trinajstić information content (AvgIpc) is 3.02. The highest BCUT2D eigenvalue weighted by Gasteiger charge is 2.64. The molecule has 2 aromatic carbocycles. The fraction of sp³-hybridized carbons (Fsp3) is 0.296. The number of hydrogen-bond donors (Lipinski definition) is 1. The van der Waals surface area contributed by atoms with Gasteiger partial charge in [0.1, 0.15) is 22.6 Å². The van der Waals surface area contributed by atoms with E-state index in [2.05, 4.69) is 15.9 Å². The molecule has 0 saturated carbocycles. The third-order valence-electron chi connectivity index (χ3n) is 7.20. The quantitative estimate of drug-likeness (QED) is 0.557. The average molecular weight is 554 g/mol. The summed E-state index contributed by atoms with van der Waals surface area (Å²) in [5, 5.41) is 0. The maximum atomic E-state index is 15.4. The molecule has 5 rings (SSSR count). The second-order valence-electron chi connectivity index (χ2n) is 10.1. The van der Waals surface area contributed by atoms with Gasteiger partial charge in [-0.15, -0.1) is 0 Å². The number of fused-ring (bicyclic) bond motifs is 3. The number of rotatable bonds is 2. The van der Waals surface area contributed by atoms with Crippen molar-refractivity contribution in [1.29, 1.82) is 0 Å². The first-order valence-corrected chi connectivity index (χ1v) is 12.2. The number of amides is 1. The number of methoxy groups -OCH3 is 1. The van der Waals surface area contributed by atoms with E-state index in [4.69, 9.17) is 10.5 Å². The molecule has 1 unspecified atom stereocenters. The number of benzene rings is 2. The van der Waals surface area contributed by atoms with E-state index in [0.29, 0.717) is 27.8 Å². The van der Waals surface area contributed by atoms with Gasteiger partial charge in [0.15, 0.2) is 5.78 Å². The molecule has 3 aliphatic rings. The summed E-state index contributed by atoms with van der Waals surface area (Å²) in [5.41, 5.74) is 5.87. The molecule has 0 fully saturated rings. The second kappa shape index (κ2) is 8.03. The summed E-state index contributed by atoms with van der Waals surface area (Å²) in [5.74, 6) is -2.39. The second-order valence-corrected chi connectivity index (χ2v) is 11.0. The van der Waals surface area contributed by atoms with Gasteiger partial charge in [0.25, 0.3) is 0 Å². The minimum Gasteiger partial charge on any atom is -0.466 e. The van der Waals surface area contributed by atoms with Crippen LogP contribution in [0.3, 0.4) is 0 Å². The van der Waals surface area contributed by atoms with Gasteiger partial charge in [0, 0.05) is 40.5 Å². The van der Waals surface area contributed by atoms with Crippen LogP contribution in [0.15, 0.2) is 69.6 Å². The van der Waals surface area contributed by atoms with Crippen molar-refractivity contribution in [3.63, 3.8) is 0 Å². The van der Waals surface area contributed by atoms with Crippen LogP contribution in [0.5, 0.6) is 0 Å². The third kappa shape index (κ3) is 3.11. The standard InChI is InChI=1S/C27H25BrFN3O4/c1-26(2)12-19-21(20(33)13-26)27(15-7-5-6-8-17(15)31(3)25(27)35)22(24(34)36-4)23(30)32(19)18-10-9-14(28)11-16(18)29/h5-11H,12-13,30H2,1-4H3. The smallest absolute Gasteiger partial charge is 0.339 e. The van der Waals surface area contributed by atoms with Crippen molar-refractivity contribution < 1.29 is 23.5 Å². The number of carbonyl (C=O) groups excluding carboxylic acids is 3. The van der Waals surface area contributed by atoms with E-state index in [1.54, 1.807) is 37.4 Å². The van der Waals surface area contributed by atoms with Crippen LogP contribution in [0.2, 0.25) is 0 Å². The van der Waals surface area contributed by atoms with Crippen LogP contribution in [-0.4, -0.2) is 31.8 Å². The molecule has 0 saturated heterocycles. The number of esters is 1. The summed E-state index contributed by atoms with van der Waals surface area (Å²) in [6.07, 6.45) is 0.484. The van der Waals surface area contributed by atoms with E-state index >= 15 is 4.39 Å². The van der Waals surface area contributed by atoms with Crippen LogP contribution in [0.4, 0.5) is 15.8 Å². The molecule has 2 N–H and O–H groups in total. The first-order chi connectivity index (χ1) is 17.0. The Morgan fingerprint density at radius 3 is 2.47 bits per heavy atom. The Labute approximate surface area is 216 Å². The van der Waals surface area contributed by atoms with E-state index in [9.17, 15) is 14.4 Å². The van der Waals surface area contributed by atoms with Crippen LogP contribution in [-0.2, 0) is 24.5 Å². The van der Waals surface area contributed by atoms with Crippen LogP contribution in [0, 0.1) is 11.2 Å². The van der Waals surface area contributed by atoms with Gasteiger partial charge >= 0.3 is 5.97 Å². The molecule has 0 aromatic heterocycles. The molecule has 0 bridgehead atoms. The number of nitrogens with zero attached hydrogens (tertiary/aromatic N) is 2. The van der Waals surface area contributed by atoms with Gasteiger partial charge in [0.2, 0.25) is 5.91 Å². The van der Waals surface area contributed by atoms with Gasteiger partial charge < -0.3 is 15.4 Å². The minimum atomic E-state index is -1.80. The number of likely N-dealkylation sites (N-methyl/N-ethyl adjacent to an activating group) is 1. The summed E-state index contributed by atoms with van der Waals surface area (Å²) < 4.78 is 21.0. The van der Waals surface area contributed by atoms with E-state index in [-0.39, 0.29) is 34.9 Å². The number of Topliss-reactive ketones (excluding diaryl/α,β-unsaturated/α-hetero) is 1. The molecule has 1 spiro atoms. The Kier molecular flexibility index (Phi) is 5.41. The summed E-state index contributed by atoms with van der Waals surface area (Å²) in [4.78, 5) is 44.4. The van der Waals surface area contributed by atoms with Gasteiger partial charge in [0.05, 0.1) is 12.8 Å². The van der Waals surface area contributed by atoms with E-state index in [1.165, 1.54) is 29.0 Å². The van der Waals surface area contributed by atoms with Gasteiger partial charge in [-0.1, -0.05) is 48.0 Å². The number of hydrogen-bond acceptors (Lipinski definition) is 6. The predicted molar refractivity (Wildman–Crippen MR) is 136 cm³/mol. The zero-order valence-corrected chi connectivity index (χ0v) is 21.9. The summed E-state index contributed by atoms with van der Waals surface area (Å²) in [6.45, 7) is 3.87. The largest absolute Gasteiger partial charge is 0.466 e. The van der Waals surface area contributed by atoms with Crippen molar-refractivity contribution >= 4 is 45.0 Å². The number of allylic oxidation sites excluding steroid dienone is 1. The van der Waals surface area contributed by atoms with Gasteiger partial charge in [-0.25, -0.2) is 9.18 Å². The number of ether oxygens (including phenoxy) is 1. The van der Waals surface area contributed by atoms with E-state index in [0.717, 1.165) is 0 Å². The lowest BCUT2D eigenvalue weighted by atomic mass is 9.60. The lowest BCUT2D eigenvalue weighted by molar-refractivity contribution is -0.138. The monoisotopic (exact) mass is 553 g/mol. The van der Waals surface area contributed by atoms with Crippen LogP contribution in [0.25, 0.3) is 0 Å². The molecule has 186 valence electrons. The molecule has 2 aliphatic heterocycles. The highest BCUT2D eigenvalue weighted by molar-refractivity contribution is 9.10. The van der Waals surface area contributed by atoms with Crippen molar-refractivity contribution in [3.05, 3.63) is 81.0 Å². The Morgan fingerprint density at radius 2 is 1.81 bits per heavy atom. The maximum Gasteiger partial charge on any atom is 0.339 e. The Bertz CT molecular complexity index is 1430. The SMILES string of the molecule is COC(=O)C1=C(N)N(c2ccc(Br)cc2F)C2=C(C(=O)CC(C)(C)C2)C12C(=O)N(C)c1ccccc12. The zero-order valence-electron chi connectivity index (χ0n) is 20.3. The van der Waals surface area contributed by atoms with Gasteiger partial charge in [-0.2, -0.15) is 0 Å². The zero-order chi connectivity index (χ0) is 26.2. The molecular formula is C27H25BrFN3O4. The van der Waals surface area contributed by atoms with Gasteiger partial charge in [-0.3, -0.25) is 14.5 Å². The first kappa shape index (κ1) is 24.2. The lowest BCUT2D eigenvalue weighted by Gasteiger charge is -2.47. The Morgan fingerprint density at radius 1 is 1.11 bits per heavy atom.